The minimum absolute atomic E-state index is 0. The number of nitrogens with zero attached hydrogens (tertiary/aromatic N) is 1. The molecular formula is C6H5ClF4N2. The summed E-state index contributed by atoms with van der Waals surface area (Å²) in [6, 6.07) is 0. The Kier molecular flexibility index (Phi) is 3.93. The molecule has 1 aromatic heterocycles. The summed E-state index contributed by atoms with van der Waals surface area (Å²) in [5.41, 5.74) is 2.74. The van der Waals surface area contributed by atoms with Crippen LogP contribution < -0.4 is 5.73 Å². The summed E-state index contributed by atoms with van der Waals surface area (Å²) in [5, 5.41) is 0. The van der Waals surface area contributed by atoms with Gasteiger partial charge in [-0.1, -0.05) is 0 Å². The predicted molar refractivity (Wildman–Crippen MR) is 40.8 cm³/mol. The number of halogens is 5. The summed E-state index contributed by atoms with van der Waals surface area (Å²) in [6.07, 6.45) is -2.63. The summed E-state index contributed by atoms with van der Waals surface area (Å²) in [6.45, 7) is 0. The first kappa shape index (κ1) is 12.0. The van der Waals surface area contributed by atoms with Crippen molar-refractivity contribution in [2.75, 3.05) is 5.73 Å². The number of anilines is 1. The number of nitrogen functional groups attached to an aromatic ring is 1. The molecule has 0 aliphatic heterocycles. The van der Waals surface area contributed by atoms with Crippen molar-refractivity contribution in [1.29, 1.82) is 0 Å². The second-order valence-corrected chi connectivity index (χ2v) is 2.02. The maximum atomic E-state index is 12.6. The SMILES string of the molecule is Cl.Nc1c(F)cnc(C(F)F)c1F. The van der Waals surface area contributed by atoms with Crippen LogP contribution in [0.1, 0.15) is 12.1 Å². The molecule has 0 aliphatic rings. The molecule has 74 valence electrons. The normalized spacial score (nSPS) is 9.92. The average Bonchev–Trinajstić information content (AvgIpc) is 2.00. The number of pyridine rings is 1. The zero-order chi connectivity index (χ0) is 9.30. The first-order valence-electron chi connectivity index (χ1n) is 2.91. The third kappa shape index (κ3) is 2.21. The zero-order valence-corrected chi connectivity index (χ0v) is 6.92. The molecule has 0 saturated heterocycles. The fourth-order valence-electron chi connectivity index (χ4n) is 0.647. The van der Waals surface area contributed by atoms with E-state index in [9.17, 15) is 17.6 Å². The summed E-state index contributed by atoms with van der Waals surface area (Å²) in [4.78, 5) is 2.86. The van der Waals surface area contributed by atoms with Crippen LogP contribution in [0.15, 0.2) is 6.20 Å². The Balaban J connectivity index is 0.00000144. The summed E-state index contributed by atoms with van der Waals surface area (Å²) in [5.74, 6) is -2.64. The van der Waals surface area contributed by atoms with E-state index < -0.39 is 29.4 Å². The average molecular weight is 217 g/mol. The van der Waals surface area contributed by atoms with Crippen LogP contribution in [0.3, 0.4) is 0 Å². The van der Waals surface area contributed by atoms with E-state index >= 15 is 0 Å². The number of hydrogen-bond acceptors (Lipinski definition) is 2. The van der Waals surface area contributed by atoms with Gasteiger partial charge in [-0.15, -0.1) is 12.4 Å². The molecule has 0 bridgehead atoms. The molecule has 0 saturated carbocycles. The van der Waals surface area contributed by atoms with Crippen molar-refractivity contribution >= 4 is 18.1 Å². The highest BCUT2D eigenvalue weighted by molar-refractivity contribution is 5.85. The Bertz CT molecular complexity index is 305. The molecular weight excluding hydrogens is 212 g/mol. The van der Waals surface area contributed by atoms with Gasteiger partial charge >= 0.3 is 0 Å². The molecule has 0 spiro atoms. The molecule has 2 N–H and O–H groups in total. The lowest BCUT2D eigenvalue weighted by Crippen LogP contribution is -2.03. The molecule has 2 nitrogen and oxygen atoms in total. The fraction of sp³-hybridized carbons (Fsp3) is 0.167. The van der Waals surface area contributed by atoms with Crippen molar-refractivity contribution in [2.24, 2.45) is 0 Å². The van der Waals surface area contributed by atoms with Crippen LogP contribution in [-0.2, 0) is 0 Å². The summed E-state index contributed by atoms with van der Waals surface area (Å²) in [7, 11) is 0. The molecule has 1 heterocycles. The first-order valence-corrected chi connectivity index (χ1v) is 2.91. The van der Waals surface area contributed by atoms with Crippen molar-refractivity contribution < 1.29 is 17.6 Å². The number of hydrogen-bond donors (Lipinski definition) is 1. The second kappa shape index (κ2) is 4.27. The van der Waals surface area contributed by atoms with Gasteiger partial charge in [0, 0.05) is 0 Å². The van der Waals surface area contributed by atoms with Gasteiger partial charge in [0.15, 0.2) is 11.6 Å². The van der Waals surface area contributed by atoms with Gasteiger partial charge in [-0.3, -0.25) is 0 Å². The van der Waals surface area contributed by atoms with Crippen LogP contribution in [-0.4, -0.2) is 4.98 Å². The predicted octanol–water partition coefficient (Wildman–Crippen LogP) is 2.30. The highest BCUT2D eigenvalue weighted by atomic mass is 35.5. The topological polar surface area (TPSA) is 38.9 Å². The van der Waals surface area contributed by atoms with Crippen LogP contribution in [0, 0.1) is 11.6 Å². The number of rotatable bonds is 1. The van der Waals surface area contributed by atoms with E-state index in [0.717, 1.165) is 0 Å². The lowest BCUT2D eigenvalue weighted by Gasteiger charge is -2.02. The maximum Gasteiger partial charge on any atom is 0.283 e. The van der Waals surface area contributed by atoms with E-state index in [0.29, 0.717) is 6.20 Å². The Morgan fingerprint density at radius 1 is 1.31 bits per heavy atom. The number of aromatic nitrogens is 1. The molecule has 0 atom stereocenters. The minimum atomic E-state index is -3.09. The van der Waals surface area contributed by atoms with Crippen molar-refractivity contribution in [1.82, 2.24) is 4.98 Å². The number of alkyl halides is 2. The molecule has 0 radical (unpaired) electrons. The number of nitrogens with two attached hydrogens (primary N) is 1. The molecule has 7 heteroatoms. The van der Waals surface area contributed by atoms with Gasteiger partial charge in [-0.05, 0) is 0 Å². The van der Waals surface area contributed by atoms with Crippen LogP contribution in [0.5, 0.6) is 0 Å². The lowest BCUT2D eigenvalue weighted by molar-refractivity contribution is 0.140. The maximum absolute atomic E-state index is 12.6. The molecule has 1 rings (SSSR count). The van der Waals surface area contributed by atoms with Gasteiger partial charge in [0.05, 0.1) is 6.20 Å². The summed E-state index contributed by atoms with van der Waals surface area (Å²) >= 11 is 0. The van der Waals surface area contributed by atoms with Gasteiger partial charge in [0.1, 0.15) is 11.4 Å². The monoisotopic (exact) mass is 216 g/mol. The van der Waals surface area contributed by atoms with Crippen LogP contribution in [0.4, 0.5) is 23.2 Å². The summed E-state index contributed by atoms with van der Waals surface area (Å²) < 4.78 is 48.7. The molecule has 0 fully saturated rings. The van der Waals surface area contributed by atoms with Gasteiger partial charge in [0.2, 0.25) is 0 Å². The Morgan fingerprint density at radius 2 is 1.85 bits per heavy atom. The van der Waals surface area contributed by atoms with Gasteiger partial charge in [-0.25, -0.2) is 22.5 Å². The van der Waals surface area contributed by atoms with E-state index in [1.807, 2.05) is 0 Å². The third-order valence-corrected chi connectivity index (χ3v) is 1.24. The van der Waals surface area contributed by atoms with E-state index in [-0.39, 0.29) is 12.4 Å². The van der Waals surface area contributed by atoms with Crippen LogP contribution in [0.25, 0.3) is 0 Å². The van der Waals surface area contributed by atoms with Crippen LogP contribution in [0.2, 0.25) is 0 Å². The van der Waals surface area contributed by atoms with E-state index in [2.05, 4.69) is 4.98 Å². The molecule has 0 unspecified atom stereocenters. The van der Waals surface area contributed by atoms with Crippen molar-refractivity contribution in [3.05, 3.63) is 23.5 Å². The standard InChI is InChI=1S/C6H4F4N2.ClH/c7-2-1-12-5(6(9)10)3(8)4(2)11;/h1,6H,(H2,11,12);1H. The van der Waals surface area contributed by atoms with Crippen molar-refractivity contribution in [2.45, 2.75) is 6.43 Å². The Labute approximate surface area is 77.2 Å². The Morgan fingerprint density at radius 3 is 2.31 bits per heavy atom. The smallest absolute Gasteiger partial charge is 0.283 e. The quantitative estimate of drug-likeness (QED) is 0.732. The molecule has 0 amide bonds. The molecule has 13 heavy (non-hydrogen) atoms. The highest BCUT2D eigenvalue weighted by Crippen LogP contribution is 2.24. The second-order valence-electron chi connectivity index (χ2n) is 2.02. The Hall–Kier alpha value is -1.04. The molecule has 1 aromatic rings. The van der Waals surface area contributed by atoms with Gasteiger partial charge in [0.25, 0.3) is 6.43 Å². The fourth-order valence-corrected chi connectivity index (χ4v) is 0.647. The van der Waals surface area contributed by atoms with E-state index in [1.54, 1.807) is 0 Å². The van der Waals surface area contributed by atoms with E-state index in [1.165, 1.54) is 0 Å². The third-order valence-electron chi connectivity index (χ3n) is 1.24. The van der Waals surface area contributed by atoms with Gasteiger partial charge < -0.3 is 5.73 Å². The van der Waals surface area contributed by atoms with Crippen molar-refractivity contribution in [3.8, 4) is 0 Å². The zero-order valence-electron chi connectivity index (χ0n) is 6.10. The van der Waals surface area contributed by atoms with Crippen LogP contribution >= 0.6 is 12.4 Å². The van der Waals surface area contributed by atoms with E-state index in [4.69, 9.17) is 5.73 Å². The van der Waals surface area contributed by atoms with Crippen molar-refractivity contribution in [3.63, 3.8) is 0 Å². The molecule has 0 aliphatic carbocycles. The lowest BCUT2D eigenvalue weighted by atomic mass is 10.3. The minimum Gasteiger partial charge on any atom is -0.394 e. The molecule has 0 aromatic carbocycles. The first-order chi connectivity index (χ1) is 5.54. The largest absolute Gasteiger partial charge is 0.394 e. The highest BCUT2D eigenvalue weighted by Gasteiger charge is 2.19. The van der Waals surface area contributed by atoms with Gasteiger partial charge in [-0.2, -0.15) is 0 Å².